The van der Waals surface area contributed by atoms with E-state index in [0.717, 1.165) is 44.4 Å². The van der Waals surface area contributed by atoms with Crippen molar-refractivity contribution in [2.45, 2.75) is 19.0 Å². The van der Waals surface area contributed by atoms with E-state index in [1.54, 1.807) is 7.05 Å². The Hall–Kier alpha value is -2.41. The number of aliphatic hydroxyl groups is 1. The van der Waals surface area contributed by atoms with Crippen molar-refractivity contribution >= 4 is 5.96 Å². The summed E-state index contributed by atoms with van der Waals surface area (Å²) < 4.78 is 5.43. The van der Waals surface area contributed by atoms with Crippen molar-refractivity contribution in [1.29, 1.82) is 0 Å². The maximum absolute atomic E-state index is 9.73. The fourth-order valence-corrected chi connectivity index (χ4v) is 3.49. The number of hydrogen-bond donors (Lipinski definition) is 3. The van der Waals surface area contributed by atoms with E-state index in [-0.39, 0.29) is 12.5 Å². The zero-order valence-corrected chi connectivity index (χ0v) is 17.2. The highest BCUT2D eigenvalue weighted by atomic mass is 16.5. The molecule has 1 aliphatic heterocycles. The molecule has 3 rings (SSSR count). The molecule has 6 nitrogen and oxygen atoms in total. The molecule has 1 heterocycles. The average molecular weight is 397 g/mol. The van der Waals surface area contributed by atoms with Gasteiger partial charge in [-0.2, -0.15) is 0 Å². The molecule has 2 aromatic carbocycles. The van der Waals surface area contributed by atoms with E-state index in [1.807, 2.05) is 30.3 Å². The predicted molar refractivity (Wildman–Crippen MR) is 117 cm³/mol. The third-order valence-electron chi connectivity index (χ3n) is 5.19. The van der Waals surface area contributed by atoms with Crippen LogP contribution in [0.2, 0.25) is 0 Å². The summed E-state index contributed by atoms with van der Waals surface area (Å²) in [6.45, 7) is 6.00. The number of aliphatic imine (C=N–C) groups is 1. The molecule has 1 fully saturated rings. The third-order valence-corrected chi connectivity index (χ3v) is 5.19. The molecule has 1 aliphatic rings. The molecular formula is C23H32N4O2. The molecule has 0 amide bonds. The number of nitrogens with one attached hydrogen (secondary N) is 2. The van der Waals surface area contributed by atoms with Crippen molar-refractivity contribution in [3.8, 4) is 0 Å². The SMILES string of the molecule is CN=C(NCc1cccc(CN2CCOCC2)c1)NCC(CO)c1ccccc1. The molecule has 6 heteroatoms. The highest BCUT2D eigenvalue weighted by molar-refractivity contribution is 5.79. The Morgan fingerprint density at radius 2 is 1.83 bits per heavy atom. The van der Waals surface area contributed by atoms with E-state index in [0.29, 0.717) is 13.1 Å². The fourth-order valence-electron chi connectivity index (χ4n) is 3.49. The largest absolute Gasteiger partial charge is 0.396 e. The van der Waals surface area contributed by atoms with Gasteiger partial charge in [0.05, 0.1) is 19.8 Å². The molecule has 0 saturated carbocycles. The predicted octanol–water partition coefficient (Wildman–Crippen LogP) is 1.96. The van der Waals surface area contributed by atoms with Gasteiger partial charge in [-0.25, -0.2) is 0 Å². The minimum Gasteiger partial charge on any atom is -0.396 e. The van der Waals surface area contributed by atoms with Crippen molar-refractivity contribution < 1.29 is 9.84 Å². The van der Waals surface area contributed by atoms with Crippen LogP contribution < -0.4 is 10.6 Å². The highest BCUT2D eigenvalue weighted by Crippen LogP contribution is 2.13. The van der Waals surface area contributed by atoms with Gasteiger partial charge in [-0.3, -0.25) is 9.89 Å². The van der Waals surface area contributed by atoms with Gasteiger partial charge in [0.15, 0.2) is 5.96 Å². The van der Waals surface area contributed by atoms with E-state index < -0.39 is 0 Å². The summed E-state index contributed by atoms with van der Waals surface area (Å²) in [7, 11) is 1.76. The van der Waals surface area contributed by atoms with E-state index in [1.165, 1.54) is 11.1 Å². The lowest BCUT2D eigenvalue weighted by atomic mass is 10.0. The molecule has 0 spiro atoms. The van der Waals surface area contributed by atoms with Crippen molar-refractivity contribution in [3.05, 3.63) is 71.3 Å². The van der Waals surface area contributed by atoms with Gasteiger partial charge in [-0.1, -0.05) is 54.6 Å². The Morgan fingerprint density at radius 1 is 1.07 bits per heavy atom. The maximum atomic E-state index is 9.73. The molecule has 1 unspecified atom stereocenters. The monoisotopic (exact) mass is 396 g/mol. The van der Waals surface area contributed by atoms with Gasteiger partial charge in [0, 0.05) is 45.7 Å². The Kier molecular flexibility index (Phi) is 8.49. The summed E-state index contributed by atoms with van der Waals surface area (Å²) in [4.78, 5) is 6.74. The summed E-state index contributed by atoms with van der Waals surface area (Å²) in [5.41, 5.74) is 3.66. The normalized spacial score (nSPS) is 16.4. The van der Waals surface area contributed by atoms with Crippen molar-refractivity contribution in [2.75, 3.05) is 46.5 Å². The minimum atomic E-state index is 0.0339. The summed E-state index contributed by atoms with van der Waals surface area (Å²) in [6, 6.07) is 18.7. The minimum absolute atomic E-state index is 0.0339. The first-order valence-electron chi connectivity index (χ1n) is 10.3. The molecule has 1 atom stereocenters. The second-order valence-electron chi connectivity index (χ2n) is 7.31. The molecule has 1 saturated heterocycles. The maximum Gasteiger partial charge on any atom is 0.191 e. The number of benzene rings is 2. The zero-order chi connectivity index (χ0) is 20.3. The van der Waals surface area contributed by atoms with Gasteiger partial charge in [0.2, 0.25) is 0 Å². The van der Waals surface area contributed by atoms with E-state index >= 15 is 0 Å². The highest BCUT2D eigenvalue weighted by Gasteiger charge is 2.12. The Balaban J connectivity index is 1.49. The number of nitrogens with zero attached hydrogens (tertiary/aromatic N) is 2. The first-order valence-corrected chi connectivity index (χ1v) is 10.3. The smallest absolute Gasteiger partial charge is 0.191 e. The standard InChI is InChI=1S/C23H32N4O2/c1-24-23(26-16-22(18-28)21-8-3-2-4-9-21)25-15-19-6-5-7-20(14-19)17-27-10-12-29-13-11-27/h2-9,14,22,28H,10-13,15-18H2,1H3,(H2,24,25,26). The third kappa shape index (κ3) is 6.85. The second-order valence-corrected chi connectivity index (χ2v) is 7.31. The Bertz CT molecular complexity index is 760. The fraction of sp³-hybridized carbons (Fsp3) is 0.435. The molecule has 0 aliphatic carbocycles. The number of guanidine groups is 1. The first kappa shape index (κ1) is 21.3. The van der Waals surface area contributed by atoms with Gasteiger partial charge >= 0.3 is 0 Å². The Morgan fingerprint density at radius 3 is 2.55 bits per heavy atom. The van der Waals surface area contributed by atoms with Gasteiger partial charge in [0.1, 0.15) is 0 Å². The molecular weight excluding hydrogens is 364 g/mol. The van der Waals surface area contributed by atoms with Crippen LogP contribution in [0, 0.1) is 0 Å². The van der Waals surface area contributed by atoms with Crippen LogP contribution in [0.5, 0.6) is 0 Å². The summed E-state index contributed by atoms with van der Waals surface area (Å²) in [5.74, 6) is 0.768. The summed E-state index contributed by atoms with van der Waals surface area (Å²) in [6.07, 6.45) is 0. The lowest BCUT2D eigenvalue weighted by Crippen LogP contribution is -2.39. The topological polar surface area (TPSA) is 69.1 Å². The number of rotatable bonds is 8. The van der Waals surface area contributed by atoms with E-state index in [4.69, 9.17) is 4.74 Å². The summed E-state index contributed by atoms with van der Waals surface area (Å²) >= 11 is 0. The van der Waals surface area contributed by atoms with Crippen LogP contribution in [0.15, 0.2) is 59.6 Å². The number of ether oxygens (including phenoxy) is 1. The zero-order valence-electron chi connectivity index (χ0n) is 17.2. The van der Waals surface area contributed by atoms with Gasteiger partial charge in [0.25, 0.3) is 0 Å². The first-order chi connectivity index (χ1) is 14.3. The average Bonchev–Trinajstić information content (AvgIpc) is 2.78. The quantitative estimate of drug-likeness (QED) is 0.470. The van der Waals surface area contributed by atoms with Gasteiger partial charge in [-0.15, -0.1) is 0 Å². The van der Waals surface area contributed by atoms with Crippen LogP contribution in [0.1, 0.15) is 22.6 Å². The van der Waals surface area contributed by atoms with E-state index in [9.17, 15) is 5.11 Å². The number of aliphatic hydroxyl groups excluding tert-OH is 1. The molecule has 156 valence electrons. The molecule has 0 aromatic heterocycles. The molecule has 0 radical (unpaired) electrons. The van der Waals surface area contributed by atoms with Crippen LogP contribution in [0.25, 0.3) is 0 Å². The van der Waals surface area contributed by atoms with Crippen LogP contribution >= 0.6 is 0 Å². The Labute approximate surface area is 173 Å². The van der Waals surface area contributed by atoms with Crippen molar-refractivity contribution in [1.82, 2.24) is 15.5 Å². The van der Waals surface area contributed by atoms with Crippen LogP contribution in [-0.2, 0) is 17.8 Å². The lowest BCUT2D eigenvalue weighted by molar-refractivity contribution is 0.0342. The summed E-state index contributed by atoms with van der Waals surface area (Å²) in [5, 5.41) is 16.4. The van der Waals surface area contributed by atoms with Gasteiger partial charge in [-0.05, 0) is 16.7 Å². The number of morpholine rings is 1. The van der Waals surface area contributed by atoms with Gasteiger partial charge < -0.3 is 20.5 Å². The lowest BCUT2D eigenvalue weighted by Gasteiger charge is -2.26. The van der Waals surface area contributed by atoms with Crippen molar-refractivity contribution in [2.24, 2.45) is 4.99 Å². The van der Waals surface area contributed by atoms with Crippen molar-refractivity contribution in [3.63, 3.8) is 0 Å². The molecule has 2 aromatic rings. The number of hydrogen-bond acceptors (Lipinski definition) is 4. The van der Waals surface area contributed by atoms with Crippen LogP contribution in [-0.4, -0.2) is 62.5 Å². The molecule has 0 bridgehead atoms. The molecule has 3 N–H and O–H groups in total. The molecule has 29 heavy (non-hydrogen) atoms. The van der Waals surface area contributed by atoms with E-state index in [2.05, 4.69) is 44.8 Å². The van der Waals surface area contributed by atoms with Crippen LogP contribution in [0.3, 0.4) is 0 Å². The van der Waals surface area contributed by atoms with Crippen LogP contribution in [0.4, 0.5) is 0 Å². The second kappa shape index (κ2) is 11.6.